The average molecular weight is 290 g/mol. The Bertz CT molecular complexity index is 642. The molecule has 0 N–H and O–H groups in total. The molecule has 3 aromatic rings. The molecule has 0 aromatic carbocycles. The molecule has 0 fully saturated rings. The maximum atomic E-state index is 5.38. The first kappa shape index (κ1) is 12.1. The first-order valence-corrected chi connectivity index (χ1v) is 7.35. The molecule has 0 aliphatic heterocycles. The highest BCUT2D eigenvalue weighted by atomic mass is 32.1. The molecule has 0 saturated carbocycles. The van der Waals surface area contributed by atoms with Gasteiger partial charge in [-0.15, -0.1) is 22.7 Å². The topological polar surface area (TPSA) is 47.6 Å². The van der Waals surface area contributed by atoms with E-state index in [9.17, 15) is 0 Å². The second-order valence-corrected chi connectivity index (χ2v) is 5.57. The van der Waals surface area contributed by atoms with Gasteiger partial charge in [0.05, 0.1) is 11.1 Å². The minimum absolute atomic E-state index is 0.302. The smallest absolute Gasteiger partial charge is 0.236 e. The monoisotopic (exact) mass is 290 g/mol. The molecule has 3 aromatic heterocycles. The van der Waals surface area contributed by atoms with E-state index in [1.54, 1.807) is 35.2 Å². The van der Waals surface area contributed by atoms with Crippen LogP contribution in [0.4, 0.5) is 0 Å². The Labute approximate surface area is 118 Å². The van der Waals surface area contributed by atoms with Crippen molar-refractivity contribution in [3.05, 3.63) is 51.9 Å². The summed E-state index contributed by atoms with van der Waals surface area (Å²) in [5.74, 6) is 0.621. The average Bonchev–Trinajstić information content (AvgIpc) is 3.15. The first-order valence-electron chi connectivity index (χ1n) is 5.59. The minimum atomic E-state index is 0.302. The molecule has 96 valence electrons. The number of thiophene rings is 2. The normalized spacial score (nSPS) is 11.2. The first-order chi connectivity index (χ1) is 9.42. The molecular formula is C13H10N2O2S2. The van der Waals surface area contributed by atoms with E-state index in [0.29, 0.717) is 12.5 Å². The zero-order valence-electron chi connectivity index (χ0n) is 9.85. The highest BCUT2D eigenvalue weighted by Crippen LogP contribution is 2.23. The van der Waals surface area contributed by atoms with Gasteiger partial charge in [-0.1, -0.05) is 17.3 Å². The van der Waals surface area contributed by atoms with Crippen LogP contribution in [0.3, 0.4) is 0 Å². The number of nitrogens with zero attached hydrogens (tertiary/aromatic N) is 2. The number of hydrogen-bond donors (Lipinski definition) is 0. The van der Waals surface area contributed by atoms with Crippen molar-refractivity contribution in [2.45, 2.75) is 6.61 Å². The summed E-state index contributed by atoms with van der Waals surface area (Å²) in [4.78, 5) is 11.6. The molecular weight excluding hydrogens is 280 g/mol. The van der Waals surface area contributed by atoms with Gasteiger partial charge >= 0.3 is 0 Å². The number of oxazole rings is 1. The summed E-state index contributed by atoms with van der Waals surface area (Å²) in [6.07, 6.45) is 3.28. The van der Waals surface area contributed by atoms with Crippen LogP contribution < -0.4 is 0 Å². The van der Waals surface area contributed by atoms with Crippen molar-refractivity contribution in [2.24, 2.45) is 5.16 Å². The summed E-state index contributed by atoms with van der Waals surface area (Å²) < 4.78 is 5.38. The van der Waals surface area contributed by atoms with Gasteiger partial charge in [0.15, 0.2) is 6.61 Å². The highest BCUT2D eigenvalue weighted by molar-refractivity contribution is 7.13. The predicted octanol–water partition coefficient (Wildman–Crippen LogP) is 4.02. The molecule has 6 heteroatoms. The van der Waals surface area contributed by atoms with Crippen LogP contribution >= 0.6 is 22.7 Å². The van der Waals surface area contributed by atoms with Crippen molar-refractivity contribution >= 4 is 28.9 Å². The van der Waals surface area contributed by atoms with Gasteiger partial charge in [-0.3, -0.25) is 0 Å². The Hall–Kier alpha value is -1.92. The lowest BCUT2D eigenvalue weighted by molar-refractivity contribution is 0.129. The van der Waals surface area contributed by atoms with E-state index < -0.39 is 0 Å². The van der Waals surface area contributed by atoms with Crippen LogP contribution in [0.2, 0.25) is 0 Å². The third-order valence-electron chi connectivity index (χ3n) is 2.29. The molecule has 0 radical (unpaired) electrons. The molecule has 0 spiro atoms. The third kappa shape index (κ3) is 3.10. The van der Waals surface area contributed by atoms with E-state index in [1.807, 2.05) is 35.0 Å². The zero-order valence-corrected chi connectivity index (χ0v) is 11.5. The molecule has 0 amide bonds. The van der Waals surface area contributed by atoms with E-state index >= 15 is 0 Å². The van der Waals surface area contributed by atoms with Crippen LogP contribution in [0.1, 0.15) is 10.6 Å². The van der Waals surface area contributed by atoms with Crippen LogP contribution in [-0.2, 0) is 11.4 Å². The summed E-state index contributed by atoms with van der Waals surface area (Å²) in [7, 11) is 0. The van der Waals surface area contributed by atoms with Gasteiger partial charge in [-0.25, -0.2) is 4.98 Å². The lowest BCUT2D eigenvalue weighted by Gasteiger charge is -1.92. The number of aromatic nitrogens is 1. The lowest BCUT2D eigenvalue weighted by Crippen LogP contribution is -1.87. The molecule has 0 bridgehead atoms. The van der Waals surface area contributed by atoms with Crippen molar-refractivity contribution < 1.29 is 9.25 Å². The Balaban J connectivity index is 1.56. The second-order valence-electron chi connectivity index (χ2n) is 3.64. The van der Waals surface area contributed by atoms with Gasteiger partial charge in [-0.2, -0.15) is 0 Å². The molecule has 3 rings (SSSR count). The molecule has 4 nitrogen and oxygen atoms in total. The molecule has 0 aliphatic rings. The predicted molar refractivity (Wildman–Crippen MR) is 76.5 cm³/mol. The summed E-state index contributed by atoms with van der Waals surface area (Å²) in [5, 5.41) is 7.87. The van der Waals surface area contributed by atoms with Gasteiger partial charge in [0.1, 0.15) is 12.0 Å². The summed E-state index contributed by atoms with van der Waals surface area (Å²) in [5.41, 5.74) is 0.728. The number of hydrogen-bond acceptors (Lipinski definition) is 6. The molecule has 0 saturated heterocycles. The van der Waals surface area contributed by atoms with Gasteiger partial charge in [0.2, 0.25) is 5.89 Å². The van der Waals surface area contributed by atoms with Crippen LogP contribution in [0, 0.1) is 0 Å². The third-order valence-corrected chi connectivity index (χ3v) is 3.96. The Kier molecular flexibility index (Phi) is 3.71. The van der Waals surface area contributed by atoms with Gasteiger partial charge in [0.25, 0.3) is 0 Å². The maximum absolute atomic E-state index is 5.38. The summed E-state index contributed by atoms with van der Waals surface area (Å²) >= 11 is 3.20. The van der Waals surface area contributed by atoms with E-state index in [-0.39, 0.29) is 0 Å². The molecule has 0 aliphatic carbocycles. The molecule has 0 atom stereocenters. The van der Waals surface area contributed by atoms with Crippen molar-refractivity contribution in [1.29, 1.82) is 0 Å². The van der Waals surface area contributed by atoms with E-state index in [0.717, 1.165) is 15.4 Å². The van der Waals surface area contributed by atoms with E-state index in [4.69, 9.17) is 9.25 Å². The van der Waals surface area contributed by atoms with Gasteiger partial charge in [-0.05, 0) is 22.9 Å². The van der Waals surface area contributed by atoms with Gasteiger partial charge in [0, 0.05) is 4.88 Å². The highest BCUT2D eigenvalue weighted by Gasteiger charge is 2.07. The van der Waals surface area contributed by atoms with E-state index in [2.05, 4.69) is 10.1 Å². The van der Waals surface area contributed by atoms with Crippen LogP contribution in [0.15, 0.2) is 50.9 Å². The van der Waals surface area contributed by atoms with Crippen LogP contribution in [0.25, 0.3) is 10.8 Å². The van der Waals surface area contributed by atoms with Crippen molar-refractivity contribution in [1.82, 2.24) is 4.98 Å². The van der Waals surface area contributed by atoms with Gasteiger partial charge < -0.3 is 9.25 Å². The summed E-state index contributed by atoms with van der Waals surface area (Å²) in [6, 6.07) is 7.88. The summed E-state index contributed by atoms with van der Waals surface area (Å²) in [6.45, 7) is 0.302. The quantitative estimate of drug-likeness (QED) is 0.527. The largest absolute Gasteiger partial charge is 0.443 e. The lowest BCUT2D eigenvalue weighted by atomic mass is 10.5. The van der Waals surface area contributed by atoms with E-state index in [1.165, 1.54) is 0 Å². The SMILES string of the molecule is C(=NOCc1coc(-c2cccs2)n1)c1cccs1. The zero-order chi connectivity index (χ0) is 12.9. The Morgan fingerprint density at radius 1 is 1.26 bits per heavy atom. The van der Waals surface area contributed by atoms with Crippen molar-refractivity contribution in [3.63, 3.8) is 0 Å². The molecule has 0 unspecified atom stereocenters. The maximum Gasteiger partial charge on any atom is 0.236 e. The van der Waals surface area contributed by atoms with Crippen molar-refractivity contribution in [3.8, 4) is 10.8 Å². The molecule has 19 heavy (non-hydrogen) atoms. The second kappa shape index (κ2) is 5.81. The van der Waals surface area contributed by atoms with Crippen LogP contribution in [-0.4, -0.2) is 11.2 Å². The minimum Gasteiger partial charge on any atom is -0.443 e. The van der Waals surface area contributed by atoms with Crippen molar-refractivity contribution in [2.75, 3.05) is 0 Å². The molecule has 3 heterocycles. The Morgan fingerprint density at radius 2 is 2.16 bits per heavy atom. The number of oxime groups is 1. The standard InChI is InChI=1S/C13H10N2O2S2/c1-3-11(18-5-1)7-14-17-9-10-8-16-13(15-10)12-4-2-6-19-12/h1-8H,9H2. The fourth-order valence-electron chi connectivity index (χ4n) is 1.44. The fraction of sp³-hybridized carbons (Fsp3) is 0.0769. The fourth-order valence-corrected chi connectivity index (χ4v) is 2.67. The number of rotatable bonds is 5. The Morgan fingerprint density at radius 3 is 2.95 bits per heavy atom. The van der Waals surface area contributed by atoms with Crippen LogP contribution in [0.5, 0.6) is 0 Å².